The standard InChI is InChI=1S/C33H46ClF2N5O3/c1-5-8-9-29-39-27(30(34)40-29)19-38-20-28(42)26(15-22-13-24(35)16-25(36)14-22)33(32(44)41(10-6-2)11-7-3)17-21(4)12-23(18-33)31(37)43/h12-14,16-17,26,28,38,42H,5-11,15,18-20H2,1-4H3,(H2,37,43)(H,39,40)/t26-,28+,33?/m1/s1. The molecule has 5 N–H and O–H groups in total. The van der Waals surface area contributed by atoms with Crippen LogP contribution in [0.1, 0.15) is 76.9 Å². The number of benzene rings is 1. The maximum atomic E-state index is 14.6. The molecule has 2 aromatic rings. The van der Waals surface area contributed by atoms with E-state index in [2.05, 4.69) is 22.2 Å². The lowest BCUT2D eigenvalue weighted by Gasteiger charge is -2.45. The molecule has 0 bridgehead atoms. The fourth-order valence-corrected chi connectivity index (χ4v) is 6.35. The van der Waals surface area contributed by atoms with Gasteiger partial charge in [0.15, 0.2) is 5.15 Å². The van der Waals surface area contributed by atoms with Crippen LogP contribution in [0.2, 0.25) is 5.15 Å². The van der Waals surface area contributed by atoms with Crippen molar-refractivity contribution in [1.82, 2.24) is 20.2 Å². The number of H-pyrrole nitrogens is 1. The highest BCUT2D eigenvalue weighted by Crippen LogP contribution is 2.45. The normalized spacial score (nSPS) is 18.0. The molecule has 242 valence electrons. The molecule has 1 heterocycles. The highest BCUT2D eigenvalue weighted by molar-refractivity contribution is 6.30. The third-order valence-corrected chi connectivity index (χ3v) is 8.38. The van der Waals surface area contributed by atoms with E-state index in [-0.39, 0.29) is 43.0 Å². The second-order valence-corrected chi connectivity index (χ2v) is 12.1. The number of nitrogens with zero attached hydrogens (tertiary/aromatic N) is 2. The van der Waals surface area contributed by atoms with Gasteiger partial charge in [0.2, 0.25) is 11.8 Å². The number of allylic oxidation sites excluding steroid dienone is 2. The largest absolute Gasteiger partial charge is 0.391 e. The number of carbonyl (C=O) groups is 2. The molecule has 11 heteroatoms. The SMILES string of the molecule is CCCCc1nc(Cl)c(CNC[C@H](O)[C@@H](Cc2cc(F)cc(F)c2)C2(C(=O)N(CCC)CCC)C=C(C)C=C(C(N)=O)C2)[nH]1. The fourth-order valence-electron chi connectivity index (χ4n) is 6.13. The van der Waals surface area contributed by atoms with Crippen LogP contribution in [-0.4, -0.2) is 57.5 Å². The molecule has 1 aliphatic carbocycles. The third-order valence-electron chi connectivity index (χ3n) is 8.06. The predicted octanol–water partition coefficient (Wildman–Crippen LogP) is 5.39. The number of aryl methyl sites for hydroxylation is 1. The fraction of sp³-hybridized carbons (Fsp3) is 0.545. The smallest absolute Gasteiger partial charge is 0.244 e. The number of primary amides is 1. The van der Waals surface area contributed by atoms with Crippen molar-refractivity contribution in [1.29, 1.82) is 0 Å². The van der Waals surface area contributed by atoms with Crippen molar-refractivity contribution in [2.24, 2.45) is 17.1 Å². The molecule has 3 rings (SSSR count). The van der Waals surface area contributed by atoms with Gasteiger partial charge in [-0.05, 0) is 56.7 Å². The molecule has 44 heavy (non-hydrogen) atoms. The van der Waals surface area contributed by atoms with Gasteiger partial charge in [0.1, 0.15) is 17.5 Å². The average Bonchev–Trinajstić information content (AvgIpc) is 3.32. The molecule has 0 saturated heterocycles. The molecule has 2 amide bonds. The first-order valence-corrected chi connectivity index (χ1v) is 15.9. The van der Waals surface area contributed by atoms with E-state index in [0.717, 1.165) is 31.2 Å². The van der Waals surface area contributed by atoms with Crippen molar-refractivity contribution in [2.75, 3.05) is 19.6 Å². The van der Waals surface area contributed by atoms with Crippen LogP contribution in [0.15, 0.2) is 41.5 Å². The molecule has 0 spiro atoms. The summed E-state index contributed by atoms with van der Waals surface area (Å²) in [6.07, 6.45) is 6.35. The molecule has 1 aromatic heterocycles. The zero-order valence-electron chi connectivity index (χ0n) is 26.2. The number of nitrogens with two attached hydrogens (primary N) is 1. The minimum absolute atomic E-state index is 0.0290. The van der Waals surface area contributed by atoms with Gasteiger partial charge < -0.3 is 26.0 Å². The van der Waals surface area contributed by atoms with E-state index in [1.54, 1.807) is 24.0 Å². The van der Waals surface area contributed by atoms with Gasteiger partial charge in [-0.15, -0.1) is 0 Å². The Balaban J connectivity index is 2.04. The number of aliphatic hydroxyl groups is 1. The Hall–Kier alpha value is -3.08. The number of aromatic nitrogens is 2. The Labute approximate surface area is 264 Å². The Morgan fingerprint density at radius 1 is 1.16 bits per heavy atom. The van der Waals surface area contributed by atoms with Gasteiger partial charge in [0, 0.05) is 50.2 Å². The van der Waals surface area contributed by atoms with Gasteiger partial charge >= 0.3 is 0 Å². The minimum atomic E-state index is -1.41. The number of unbranched alkanes of at least 4 members (excludes halogenated alkanes) is 1. The average molecular weight is 634 g/mol. The molecule has 1 unspecified atom stereocenters. The van der Waals surface area contributed by atoms with Gasteiger partial charge in [-0.25, -0.2) is 13.8 Å². The molecular weight excluding hydrogens is 588 g/mol. The highest BCUT2D eigenvalue weighted by Gasteiger charge is 2.50. The van der Waals surface area contributed by atoms with E-state index in [1.165, 1.54) is 12.1 Å². The highest BCUT2D eigenvalue weighted by atomic mass is 35.5. The van der Waals surface area contributed by atoms with Crippen molar-refractivity contribution < 1.29 is 23.5 Å². The van der Waals surface area contributed by atoms with E-state index in [0.29, 0.717) is 42.4 Å². The van der Waals surface area contributed by atoms with Crippen LogP contribution < -0.4 is 11.1 Å². The second-order valence-electron chi connectivity index (χ2n) is 11.8. The predicted molar refractivity (Wildman–Crippen MR) is 169 cm³/mol. The van der Waals surface area contributed by atoms with E-state index < -0.39 is 35.0 Å². The van der Waals surface area contributed by atoms with E-state index in [1.807, 2.05) is 13.8 Å². The van der Waals surface area contributed by atoms with Crippen molar-refractivity contribution in [3.8, 4) is 0 Å². The first kappa shape index (κ1) is 35.4. The molecule has 0 saturated carbocycles. The first-order valence-electron chi connectivity index (χ1n) is 15.5. The van der Waals surface area contributed by atoms with Crippen LogP contribution in [0.5, 0.6) is 0 Å². The van der Waals surface area contributed by atoms with E-state index >= 15 is 0 Å². The number of halogens is 3. The molecular formula is C33H46ClF2N5O3. The molecule has 1 aromatic carbocycles. The summed E-state index contributed by atoms with van der Waals surface area (Å²) in [5.41, 5.74) is 6.20. The Morgan fingerprint density at radius 3 is 2.41 bits per heavy atom. The number of rotatable bonds is 17. The molecule has 1 aliphatic rings. The van der Waals surface area contributed by atoms with Crippen molar-refractivity contribution in [2.45, 2.75) is 85.3 Å². The van der Waals surface area contributed by atoms with Crippen LogP contribution in [0.3, 0.4) is 0 Å². The lowest BCUT2D eigenvalue weighted by atomic mass is 9.63. The summed E-state index contributed by atoms with van der Waals surface area (Å²) >= 11 is 6.36. The zero-order chi connectivity index (χ0) is 32.4. The van der Waals surface area contributed by atoms with Gasteiger partial charge in [-0.2, -0.15) is 0 Å². The first-order chi connectivity index (χ1) is 20.9. The van der Waals surface area contributed by atoms with E-state index in [4.69, 9.17) is 17.3 Å². The van der Waals surface area contributed by atoms with Gasteiger partial charge in [0.25, 0.3) is 0 Å². The summed E-state index contributed by atoms with van der Waals surface area (Å²) in [6, 6.07) is 3.19. The molecule has 3 atom stereocenters. The Bertz CT molecular complexity index is 1330. The second kappa shape index (κ2) is 16.3. The zero-order valence-corrected chi connectivity index (χ0v) is 26.9. The number of nitrogens with one attached hydrogen (secondary N) is 2. The summed E-state index contributed by atoms with van der Waals surface area (Å²) in [6.45, 7) is 9.07. The summed E-state index contributed by atoms with van der Waals surface area (Å²) in [5, 5.41) is 15.4. The van der Waals surface area contributed by atoms with E-state index in [9.17, 15) is 23.5 Å². The van der Waals surface area contributed by atoms with Gasteiger partial charge in [0.05, 0.1) is 17.2 Å². The van der Waals surface area contributed by atoms with Crippen LogP contribution in [0.25, 0.3) is 0 Å². The quantitative estimate of drug-likeness (QED) is 0.186. The minimum Gasteiger partial charge on any atom is -0.391 e. The van der Waals surface area contributed by atoms with Crippen molar-refractivity contribution in [3.63, 3.8) is 0 Å². The Morgan fingerprint density at radius 2 is 1.82 bits per heavy atom. The lowest BCUT2D eigenvalue weighted by molar-refractivity contribution is -0.145. The number of aliphatic hydroxyl groups excluding tert-OH is 1. The number of hydrogen-bond acceptors (Lipinski definition) is 5. The van der Waals surface area contributed by atoms with Crippen molar-refractivity contribution in [3.05, 3.63) is 75.4 Å². The maximum absolute atomic E-state index is 14.6. The van der Waals surface area contributed by atoms with Crippen molar-refractivity contribution >= 4 is 23.4 Å². The summed E-state index contributed by atoms with van der Waals surface area (Å²) in [4.78, 5) is 36.5. The number of hydrogen-bond donors (Lipinski definition) is 4. The van der Waals surface area contributed by atoms with Crippen LogP contribution in [0, 0.1) is 23.0 Å². The number of amides is 2. The van der Waals surface area contributed by atoms with Crippen LogP contribution >= 0.6 is 11.6 Å². The number of carbonyl (C=O) groups excluding carboxylic acids is 2. The number of aromatic amines is 1. The topological polar surface area (TPSA) is 124 Å². The Kier molecular flexibility index (Phi) is 13.1. The number of imidazole rings is 1. The van der Waals surface area contributed by atoms with Crippen LogP contribution in [0.4, 0.5) is 8.78 Å². The molecule has 0 aliphatic heterocycles. The van der Waals surface area contributed by atoms with Gasteiger partial charge in [-0.3, -0.25) is 9.59 Å². The van der Waals surface area contributed by atoms with Crippen LogP contribution in [-0.2, 0) is 29.0 Å². The third kappa shape index (κ3) is 8.99. The molecule has 0 radical (unpaired) electrons. The maximum Gasteiger partial charge on any atom is 0.244 e. The van der Waals surface area contributed by atoms with Gasteiger partial charge in [-0.1, -0.05) is 56.5 Å². The summed E-state index contributed by atoms with van der Waals surface area (Å²) in [7, 11) is 0. The summed E-state index contributed by atoms with van der Waals surface area (Å²) in [5.74, 6) is -2.54. The monoisotopic (exact) mass is 633 g/mol. The summed E-state index contributed by atoms with van der Waals surface area (Å²) < 4.78 is 28.7. The lowest BCUT2D eigenvalue weighted by Crippen LogP contribution is -2.54. The molecule has 8 nitrogen and oxygen atoms in total. The molecule has 0 fully saturated rings.